The Morgan fingerprint density at radius 1 is 1.22 bits per heavy atom. The number of amides is 1. The molecule has 2 atom stereocenters. The van der Waals surface area contributed by atoms with Crippen molar-refractivity contribution in [3.05, 3.63) is 29.8 Å². The van der Waals surface area contributed by atoms with E-state index in [0.717, 1.165) is 28.3 Å². The summed E-state index contributed by atoms with van der Waals surface area (Å²) in [6.45, 7) is 16.1. The van der Waals surface area contributed by atoms with Gasteiger partial charge in [0.15, 0.2) is 20.4 Å². The minimum absolute atomic E-state index is 0.0818. The normalized spacial score (nSPS) is 18.6. The predicted octanol–water partition coefficient (Wildman–Crippen LogP) is 4.43. The smallest absolute Gasteiger partial charge is 0.251 e. The molecule has 0 radical (unpaired) electrons. The number of piperazine rings is 1. The van der Waals surface area contributed by atoms with Crippen molar-refractivity contribution in [3.8, 4) is 17.1 Å². The Hall–Kier alpha value is -3.07. The molecule has 3 heterocycles. The summed E-state index contributed by atoms with van der Waals surface area (Å²) in [4.78, 5) is 26.3. The van der Waals surface area contributed by atoms with Gasteiger partial charge in [-0.2, -0.15) is 0 Å². The Labute approximate surface area is 272 Å². The number of alkyl halides is 2. The summed E-state index contributed by atoms with van der Waals surface area (Å²) in [6.07, 6.45) is -3.12. The molecule has 46 heavy (non-hydrogen) atoms. The molecule has 2 fully saturated rings. The van der Waals surface area contributed by atoms with Crippen LogP contribution in [-0.4, -0.2) is 112 Å². The lowest BCUT2D eigenvalue weighted by Gasteiger charge is -2.39. The molecule has 2 saturated heterocycles. The zero-order chi connectivity index (χ0) is 33.6. The van der Waals surface area contributed by atoms with Crippen molar-refractivity contribution < 1.29 is 32.6 Å². The second kappa shape index (κ2) is 15.2. The van der Waals surface area contributed by atoms with Gasteiger partial charge in [0.25, 0.3) is 6.43 Å². The second-order valence-electron chi connectivity index (χ2n) is 13.7. The first kappa shape index (κ1) is 35.8. The van der Waals surface area contributed by atoms with Crippen LogP contribution in [0.3, 0.4) is 0 Å². The highest BCUT2D eigenvalue weighted by Gasteiger charge is 2.40. The molecule has 0 spiro atoms. The Morgan fingerprint density at radius 3 is 2.54 bits per heavy atom. The van der Waals surface area contributed by atoms with Gasteiger partial charge in [-0.1, -0.05) is 32.9 Å². The van der Waals surface area contributed by atoms with Crippen LogP contribution in [0.25, 0.3) is 11.4 Å². The molecule has 1 aromatic heterocycles. The Kier molecular flexibility index (Phi) is 11.8. The largest absolute Gasteiger partial charge is 0.530 e. The van der Waals surface area contributed by atoms with Crippen molar-refractivity contribution in [1.82, 2.24) is 19.8 Å². The minimum Gasteiger partial charge on any atom is -0.530 e. The highest BCUT2D eigenvalue weighted by Crippen LogP contribution is 2.38. The van der Waals surface area contributed by atoms with Crippen molar-refractivity contribution in [1.29, 1.82) is 0 Å². The summed E-state index contributed by atoms with van der Waals surface area (Å²) in [5.41, 5.74) is 1.63. The fourth-order valence-corrected chi connectivity index (χ4v) is 6.34. The van der Waals surface area contributed by atoms with Gasteiger partial charge < -0.3 is 38.9 Å². The SMILES string of the molecule is Cc1c(N[C@@H]2CCOC2)nc(-c2cccc(OC(CCN(C)C(=O)[O-])O[Si](C)(C)C(C)(C)C)c2)nc1N1CCN(CC(F)F)CC1. The van der Waals surface area contributed by atoms with E-state index in [4.69, 9.17) is 23.9 Å². The van der Waals surface area contributed by atoms with E-state index >= 15 is 0 Å². The molecule has 4 rings (SSSR count). The molecule has 11 nitrogen and oxygen atoms in total. The average molecular weight is 664 g/mol. The lowest BCUT2D eigenvalue weighted by molar-refractivity contribution is -0.264. The van der Waals surface area contributed by atoms with Crippen LogP contribution in [0.2, 0.25) is 18.1 Å². The number of anilines is 2. The third kappa shape index (κ3) is 9.49. The first-order valence-corrected chi connectivity index (χ1v) is 18.9. The fraction of sp³-hybridized carbons (Fsp3) is 0.656. The number of nitrogens with one attached hydrogen (secondary N) is 1. The van der Waals surface area contributed by atoms with Crippen LogP contribution in [0.5, 0.6) is 5.75 Å². The maximum Gasteiger partial charge on any atom is 0.251 e. The number of carbonyl (C=O) groups is 1. The minimum atomic E-state index is -2.36. The van der Waals surface area contributed by atoms with E-state index in [0.29, 0.717) is 63.2 Å². The third-order valence-electron chi connectivity index (χ3n) is 9.06. The van der Waals surface area contributed by atoms with Gasteiger partial charge in [-0.05, 0) is 43.6 Å². The number of halogens is 2. The first-order valence-electron chi connectivity index (χ1n) is 16.0. The zero-order valence-corrected chi connectivity index (χ0v) is 29.1. The lowest BCUT2D eigenvalue weighted by Crippen LogP contribution is -2.48. The van der Waals surface area contributed by atoms with Crippen LogP contribution >= 0.6 is 0 Å². The number of aromatic nitrogens is 2. The monoisotopic (exact) mass is 663 g/mol. The van der Waals surface area contributed by atoms with Gasteiger partial charge >= 0.3 is 0 Å². The number of hydrogen-bond acceptors (Lipinski definition) is 10. The molecule has 0 bridgehead atoms. The zero-order valence-electron chi connectivity index (χ0n) is 28.1. The first-order chi connectivity index (χ1) is 21.6. The van der Waals surface area contributed by atoms with E-state index in [2.05, 4.69) is 44.1 Å². The van der Waals surface area contributed by atoms with Crippen molar-refractivity contribution in [2.75, 3.05) is 69.7 Å². The standard InChI is InChI=1S/C32H50F2N6O5Si/c1-22-28(35-24-12-18-43-21-24)36-29(37-30(22)40-16-14-39(15-17-40)20-26(33)34)23-9-8-10-25(19-23)44-27(11-13-38(5)31(41)42)45-46(6,7)32(2,3)4/h8-10,19,24,26-27H,11-18,20-21H2,1-7H3,(H,41,42)(H,35,36,37)/p-1/t24-,27?/m1/s1. The van der Waals surface area contributed by atoms with Crippen molar-refractivity contribution >= 4 is 26.0 Å². The van der Waals surface area contributed by atoms with E-state index < -0.39 is 27.1 Å². The van der Waals surface area contributed by atoms with Crippen LogP contribution in [0.4, 0.5) is 25.2 Å². The predicted molar refractivity (Wildman–Crippen MR) is 175 cm³/mol. The maximum atomic E-state index is 13.0. The Balaban J connectivity index is 1.63. The summed E-state index contributed by atoms with van der Waals surface area (Å²) < 4.78 is 44.6. The third-order valence-corrected chi connectivity index (χ3v) is 13.5. The van der Waals surface area contributed by atoms with E-state index in [-0.39, 0.29) is 24.2 Å². The summed E-state index contributed by atoms with van der Waals surface area (Å²) in [5.74, 6) is 2.52. The van der Waals surface area contributed by atoms with Gasteiger partial charge in [-0.3, -0.25) is 4.90 Å². The van der Waals surface area contributed by atoms with Crippen LogP contribution in [0, 0.1) is 6.92 Å². The maximum absolute atomic E-state index is 13.0. The van der Waals surface area contributed by atoms with E-state index in [1.165, 1.54) is 7.05 Å². The van der Waals surface area contributed by atoms with Gasteiger partial charge in [0.1, 0.15) is 23.5 Å². The molecule has 256 valence electrons. The van der Waals surface area contributed by atoms with E-state index in [1.54, 1.807) is 4.90 Å². The van der Waals surface area contributed by atoms with Crippen LogP contribution in [-0.2, 0) is 9.16 Å². The van der Waals surface area contributed by atoms with Gasteiger partial charge in [-0.15, -0.1) is 0 Å². The molecular weight excluding hydrogens is 614 g/mol. The molecule has 14 heteroatoms. The van der Waals surface area contributed by atoms with Crippen LogP contribution in [0.1, 0.15) is 39.2 Å². The topological polar surface area (TPSA) is 115 Å². The molecule has 0 saturated carbocycles. The summed E-state index contributed by atoms with van der Waals surface area (Å²) in [5, 5.41) is 14.8. The van der Waals surface area contributed by atoms with Crippen molar-refractivity contribution in [3.63, 3.8) is 0 Å². The van der Waals surface area contributed by atoms with Crippen molar-refractivity contribution in [2.45, 2.75) is 77.4 Å². The van der Waals surface area contributed by atoms with Gasteiger partial charge in [0.2, 0.25) is 0 Å². The van der Waals surface area contributed by atoms with Crippen molar-refractivity contribution in [2.24, 2.45) is 0 Å². The molecule has 2 aliphatic heterocycles. The quantitative estimate of drug-likeness (QED) is 0.244. The highest BCUT2D eigenvalue weighted by molar-refractivity contribution is 6.74. The number of nitrogens with zero attached hydrogens (tertiary/aromatic N) is 5. The average Bonchev–Trinajstić information content (AvgIpc) is 3.49. The van der Waals surface area contributed by atoms with Gasteiger partial charge in [0.05, 0.1) is 19.2 Å². The molecule has 1 amide bonds. The molecule has 2 aliphatic rings. The highest BCUT2D eigenvalue weighted by atomic mass is 28.4. The molecule has 1 unspecified atom stereocenters. The Bertz CT molecular complexity index is 1320. The molecule has 1 aromatic carbocycles. The number of hydrogen-bond donors (Lipinski definition) is 1. The number of ether oxygens (including phenoxy) is 2. The van der Waals surface area contributed by atoms with Crippen LogP contribution < -0.4 is 20.1 Å². The molecular formula is C32H49F2N6O5Si-. The Morgan fingerprint density at radius 2 is 1.93 bits per heavy atom. The van der Waals surface area contributed by atoms with Crippen LogP contribution in [0.15, 0.2) is 24.3 Å². The number of rotatable bonds is 13. The second-order valence-corrected chi connectivity index (χ2v) is 18.4. The molecule has 2 aromatic rings. The summed E-state index contributed by atoms with van der Waals surface area (Å²) >= 11 is 0. The number of carbonyl (C=O) groups excluding carboxylic acids is 1. The van der Waals surface area contributed by atoms with Gasteiger partial charge in [0, 0.05) is 63.9 Å². The lowest BCUT2D eigenvalue weighted by atomic mass is 10.1. The summed E-state index contributed by atoms with van der Waals surface area (Å²) in [7, 11) is -0.806. The molecule has 0 aliphatic carbocycles. The fourth-order valence-electron chi connectivity index (χ4n) is 5.16. The van der Waals surface area contributed by atoms with Gasteiger partial charge in [-0.25, -0.2) is 18.7 Å². The van der Waals surface area contributed by atoms with E-state index in [1.807, 2.05) is 31.2 Å². The summed E-state index contributed by atoms with van der Waals surface area (Å²) in [6, 6.07) is 7.60. The molecule has 1 N–H and O–H groups in total. The number of benzene rings is 1. The van der Waals surface area contributed by atoms with E-state index in [9.17, 15) is 18.7 Å². The number of carboxylic acid groups (broad SMARTS) is 1.